The summed E-state index contributed by atoms with van der Waals surface area (Å²) in [7, 11) is -6.00. The molecule has 15 heavy (non-hydrogen) atoms. The van der Waals surface area contributed by atoms with Crippen LogP contribution in [0.4, 0.5) is 27.3 Å². The molecule has 0 aliphatic rings. The van der Waals surface area contributed by atoms with Crippen LogP contribution in [0.5, 0.6) is 0 Å². The third-order valence-corrected chi connectivity index (χ3v) is 1.33. The standard InChI is InChI=1S/C6H3ClFN2.BF4/c7-5-2-1-4(10-9)3-6(5)8;2-1(3,4)5/h1-3H;/q+1;-1. The summed E-state index contributed by atoms with van der Waals surface area (Å²) in [4.78, 5) is 2.77. The quantitative estimate of drug-likeness (QED) is 0.380. The minimum Gasteiger partial charge on any atom is -0.418 e. The molecule has 9 heteroatoms. The number of benzene rings is 1. The van der Waals surface area contributed by atoms with Crippen molar-refractivity contribution in [3.63, 3.8) is 0 Å². The summed E-state index contributed by atoms with van der Waals surface area (Å²) in [5, 5.41) is 8.19. The van der Waals surface area contributed by atoms with E-state index in [2.05, 4.69) is 4.98 Å². The number of rotatable bonds is 0. The molecule has 0 aromatic heterocycles. The van der Waals surface area contributed by atoms with E-state index in [1.165, 1.54) is 12.1 Å². The molecule has 0 aliphatic heterocycles. The topological polar surface area (TPSA) is 28.1 Å². The summed E-state index contributed by atoms with van der Waals surface area (Å²) >= 11 is 5.34. The molecule has 0 radical (unpaired) electrons. The maximum Gasteiger partial charge on any atom is 0.673 e. The van der Waals surface area contributed by atoms with Gasteiger partial charge < -0.3 is 17.3 Å². The molecule has 1 aromatic carbocycles. The van der Waals surface area contributed by atoms with Gasteiger partial charge in [-0.2, -0.15) is 0 Å². The molecule has 0 saturated heterocycles. The maximum atomic E-state index is 12.5. The van der Waals surface area contributed by atoms with Crippen molar-refractivity contribution in [3.05, 3.63) is 34.0 Å². The minimum absolute atomic E-state index is 0.0207. The number of halogens is 6. The Morgan fingerprint density at radius 3 is 2.00 bits per heavy atom. The van der Waals surface area contributed by atoms with Crippen LogP contribution < -0.4 is 0 Å². The molecule has 2 nitrogen and oxygen atoms in total. The SMILES string of the molecule is F[B-](F)(F)F.N#[N+]c1ccc(Cl)c(F)c1. The molecule has 0 heterocycles. The van der Waals surface area contributed by atoms with Gasteiger partial charge in [0.15, 0.2) is 4.98 Å². The van der Waals surface area contributed by atoms with Gasteiger partial charge in [0.25, 0.3) is 0 Å². The first-order valence-electron chi connectivity index (χ1n) is 3.41. The maximum absolute atomic E-state index is 12.5. The van der Waals surface area contributed by atoms with E-state index in [9.17, 15) is 21.7 Å². The molecule has 0 N–H and O–H groups in total. The van der Waals surface area contributed by atoms with Gasteiger partial charge in [0.2, 0.25) is 5.39 Å². The average molecular weight is 244 g/mol. The molecule has 0 bridgehead atoms. The number of hydrogen-bond donors (Lipinski definition) is 0. The van der Waals surface area contributed by atoms with Crippen molar-refractivity contribution in [1.82, 2.24) is 0 Å². The first-order valence-corrected chi connectivity index (χ1v) is 3.79. The molecular formula is C6H3BClF5N2. The Morgan fingerprint density at radius 1 is 1.20 bits per heavy atom. The summed E-state index contributed by atoms with van der Waals surface area (Å²) in [6.07, 6.45) is 0. The summed E-state index contributed by atoms with van der Waals surface area (Å²) in [6.45, 7) is 0. The van der Waals surface area contributed by atoms with E-state index < -0.39 is 13.1 Å². The van der Waals surface area contributed by atoms with Crippen molar-refractivity contribution in [2.75, 3.05) is 0 Å². The molecule has 0 spiro atoms. The first kappa shape index (κ1) is 13.6. The lowest BCUT2D eigenvalue weighted by atomic mass is 10.3. The molecule has 0 aliphatic carbocycles. The Balaban J connectivity index is 0.000000336. The smallest absolute Gasteiger partial charge is 0.418 e. The zero-order valence-electron chi connectivity index (χ0n) is 6.97. The highest BCUT2D eigenvalue weighted by atomic mass is 35.5. The Bertz CT molecular complexity index is 369. The number of nitrogens with zero attached hydrogens (tertiary/aromatic N) is 2. The fraction of sp³-hybridized carbons (Fsp3) is 0. The number of diazo groups is 1. The van der Waals surface area contributed by atoms with Crippen LogP contribution in [0.1, 0.15) is 0 Å². The van der Waals surface area contributed by atoms with E-state index in [0.717, 1.165) is 6.07 Å². The minimum atomic E-state index is -6.00. The predicted octanol–water partition coefficient (Wildman–Crippen LogP) is 4.26. The highest BCUT2D eigenvalue weighted by Crippen LogP contribution is 2.20. The van der Waals surface area contributed by atoms with Gasteiger partial charge in [-0.1, -0.05) is 11.6 Å². The van der Waals surface area contributed by atoms with E-state index in [1.54, 1.807) is 0 Å². The monoisotopic (exact) mass is 244 g/mol. The molecule has 1 rings (SSSR count). The summed E-state index contributed by atoms with van der Waals surface area (Å²) in [6, 6.07) is 3.78. The Morgan fingerprint density at radius 2 is 1.67 bits per heavy atom. The van der Waals surface area contributed by atoms with Gasteiger partial charge >= 0.3 is 12.9 Å². The molecular weight excluding hydrogens is 241 g/mol. The van der Waals surface area contributed by atoms with Crippen LogP contribution in [0.2, 0.25) is 5.02 Å². The number of hydrogen-bond acceptors (Lipinski definition) is 1. The van der Waals surface area contributed by atoms with Crippen LogP contribution in [0.3, 0.4) is 0 Å². The van der Waals surface area contributed by atoms with Crippen molar-refractivity contribution < 1.29 is 21.7 Å². The second-order valence-corrected chi connectivity index (χ2v) is 2.60. The molecule has 0 unspecified atom stereocenters. The highest BCUT2D eigenvalue weighted by Gasteiger charge is 2.20. The Kier molecular flexibility index (Phi) is 5.01. The van der Waals surface area contributed by atoms with Crippen molar-refractivity contribution >= 4 is 24.5 Å². The lowest BCUT2D eigenvalue weighted by Crippen LogP contribution is -2.02. The van der Waals surface area contributed by atoms with Crippen molar-refractivity contribution in [3.8, 4) is 0 Å². The molecule has 0 saturated carbocycles. The Labute approximate surface area is 86.4 Å². The van der Waals surface area contributed by atoms with E-state index >= 15 is 0 Å². The molecule has 0 amide bonds. The van der Waals surface area contributed by atoms with Crippen molar-refractivity contribution in [2.24, 2.45) is 0 Å². The summed E-state index contributed by atoms with van der Waals surface area (Å²) in [5.41, 5.74) is 0.155. The summed E-state index contributed by atoms with van der Waals surface area (Å²) in [5.74, 6) is -0.586. The van der Waals surface area contributed by atoms with Gasteiger partial charge in [-0.15, -0.1) is 0 Å². The van der Waals surface area contributed by atoms with Crippen molar-refractivity contribution in [1.29, 1.82) is 5.39 Å². The third kappa shape index (κ3) is 7.70. The Hall–Kier alpha value is -1.36. The fourth-order valence-corrected chi connectivity index (χ4v) is 0.665. The first-order chi connectivity index (χ1) is 6.74. The molecule has 0 atom stereocenters. The third-order valence-electron chi connectivity index (χ3n) is 1.02. The van der Waals surface area contributed by atoms with Crippen LogP contribution >= 0.6 is 11.6 Å². The normalized spacial score (nSPS) is 9.93. The zero-order chi connectivity index (χ0) is 12.1. The predicted molar refractivity (Wildman–Crippen MR) is 46.3 cm³/mol. The van der Waals surface area contributed by atoms with Gasteiger partial charge in [0, 0.05) is 6.07 Å². The van der Waals surface area contributed by atoms with E-state index in [-0.39, 0.29) is 10.7 Å². The summed E-state index contributed by atoms with van der Waals surface area (Å²) < 4.78 is 51.5. The second-order valence-electron chi connectivity index (χ2n) is 2.19. The van der Waals surface area contributed by atoms with Gasteiger partial charge in [-0.25, -0.2) is 4.39 Å². The van der Waals surface area contributed by atoms with Crippen LogP contribution in [-0.2, 0) is 0 Å². The van der Waals surface area contributed by atoms with Crippen LogP contribution in [0.15, 0.2) is 18.2 Å². The fourth-order valence-electron chi connectivity index (χ4n) is 0.547. The van der Waals surface area contributed by atoms with E-state index in [4.69, 9.17) is 17.0 Å². The zero-order valence-corrected chi connectivity index (χ0v) is 7.73. The van der Waals surface area contributed by atoms with Crippen LogP contribution in [0.25, 0.3) is 4.98 Å². The van der Waals surface area contributed by atoms with E-state index in [1.807, 2.05) is 0 Å². The van der Waals surface area contributed by atoms with E-state index in [0.29, 0.717) is 0 Å². The van der Waals surface area contributed by atoms with Gasteiger partial charge in [-0.05, 0) is 6.07 Å². The largest absolute Gasteiger partial charge is 0.673 e. The highest BCUT2D eigenvalue weighted by molar-refractivity contribution is 6.50. The van der Waals surface area contributed by atoms with Gasteiger partial charge in [-0.3, -0.25) is 0 Å². The lowest BCUT2D eigenvalue weighted by Gasteiger charge is -1.94. The lowest BCUT2D eigenvalue weighted by molar-refractivity contribution is 0.368. The molecule has 82 valence electrons. The van der Waals surface area contributed by atoms with Gasteiger partial charge in [0.1, 0.15) is 5.82 Å². The average Bonchev–Trinajstić information content (AvgIpc) is 2.07. The van der Waals surface area contributed by atoms with Crippen LogP contribution in [-0.4, -0.2) is 7.25 Å². The second kappa shape index (κ2) is 5.51. The molecule has 1 aromatic rings. The van der Waals surface area contributed by atoms with Crippen LogP contribution in [0, 0.1) is 11.2 Å². The van der Waals surface area contributed by atoms with Crippen molar-refractivity contribution in [2.45, 2.75) is 0 Å². The van der Waals surface area contributed by atoms with Gasteiger partial charge in [0.05, 0.1) is 11.1 Å². The molecule has 0 fully saturated rings.